The van der Waals surface area contributed by atoms with E-state index in [1.165, 1.54) is 12.1 Å². The molecule has 0 aliphatic heterocycles. The van der Waals surface area contributed by atoms with Gasteiger partial charge in [0, 0.05) is 11.4 Å². The Kier molecular flexibility index (Phi) is 4.61. The van der Waals surface area contributed by atoms with Crippen LogP contribution in [0, 0.1) is 5.92 Å². The molecule has 21 heavy (non-hydrogen) atoms. The highest BCUT2D eigenvalue weighted by Crippen LogP contribution is 2.42. The third-order valence-corrected chi connectivity index (χ3v) is 5.06. The molecule has 0 aromatic heterocycles. The van der Waals surface area contributed by atoms with E-state index in [2.05, 4.69) is 4.72 Å². The number of alkyl halides is 3. The third kappa shape index (κ3) is 4.37. The number of hydrogen-bond donors (Lipinski definition) is 1. The number of nitrogens with one attached hydrogen (secondary N) is 1. The van der Waals surface area contributed by atoms with Crippen molar-refractivity contribution in [3.63, 3.8) is 0 Å². The lowest BCUT2D eigenvalue weighted by Gasteiger charge is -2.28. The number of hydrogen-bond acceptors (Lipinski definition) is 2. The summed E-state index contributed by atoms with van der Waals surface area (Å²) in [6, 6.07) is 5.00. The van der Waals surface area contributed by atoms with E-state index < -0.39 is 27.8 Å². The molecule has 0 radical (unpaired) electrons. The minimum absolute atomic E-state index is 0.146. The monoisotopic (exact) mass is 319 g/mol. The van der Waals surface area contributed by atoms with E-state index in [0.29, 0.717) is 5.92 Å². The standard InChI is InChI=1S/C15H20F3NOS/c1-14(2,3)21(20)19-13(10-4-5-10)11-6-8-12(9-7-11)15(16,17)18/h6-10,13,19H,4-5H2,1-3H3/t13-,21?/m0/s1. The van der Waals surface area contributed by atoms with Gasteiger partial charge in [-0.2, -0.15) is 13.2 Å². The lowest BCUT2D eigenvalue weighted by atomic mass is 10.0. The first-order chi connectivity index (χ1) is 9.59. The highest BCUT2D eigenvalue weighted by Gasteiger charge is 2.39. The lowest BCUT2D eigenvalue weighted by molar-refractivity contribution is -0.137. The van der Waals surface area contributed by atoms with E-state index in [0.717, 1.165) is 30.5 Å². The van der Waals surface area contributed by atoms with Gasteiger partial charge in [0.15, 0.2) is 0 Å². The van der Waals surface area contributed by atoms with E-state index in [9.17, 15) is 17.7 Å². The van der Waals surface area contributed by atoms with E-state index in [4.69, 9.17) is 0 Å². The third-order valence-electron chi connectivity index (χ3n) is 3.48. The highest BCUT2D eigenvalue weighted by molar-refractivity contribution is 7.90. The summed E-state index contributed by atoms with van der Waals surface area (Å²) in [5.41, 5.74) is 0.112. The van der Waals surface area contributed by atoms with Crippen LogP contribution in [0.3, 0.4) is 0 Å². The molecule has 6 heteroatoms. The molecule has 0 heterocycles. The molecule has 0 bridgehead atoms. The molecule has 1 saturated carbocycles. The zero-order valence-corrected chi connectivity index (χ0v) is 13.1. The molecule has 1 unspecified atom stereocenters. The van der Waals surface area contributed by atoms with Gasteiger partial charge in [0.2, 0.25) is 0 Å². The number of halogens is 3. The van der Waals surface area contributed by atoms with Crippen LogP contribution in [0.5, 0.6) is 0 Å². The Morgan fingerprint density at radius 3 is 2.05 bits per heavy atom. The van der Waals surface area contributed by atoms with Gasteiger partial charge < -0.3 is 4.55 Å². The van der Waals surface area contributed by atoms with Crippen LogP contribution in [-0.2, 0) is 17.5 Å². The molecule has 2 atom stereocenters. The molecule has 0 amide bonds. The van der Waals surface area contributed by atoms with Crippen LogP contribution in [0.2, 0.25) is 0 Å². The summed E-state index contributed by atoms with van der Waals surface area (Å²) < 4.78 is 52.7. The Morgan fingerprint density at radius 1 is 1.14 bits per heavy atom. The Morgan fingerprint density at radius 2 is 1.67 bits per heavy atom. The molecule has 0 spiro atoms. The van der Waals surface area contributed by atoms with Crippen molar-refractivity contribution in [2.45, 2.75) is 50.6 Å². The minimum atomic E-state index is -4.32. The van der Waals surface area contributed by atoms with Crippen LogP contribution in [0.15, 0.2) is 24.3 Å². The van der Waals surface area contributed by atoms with Gasteiger partial charge in [-0.05, 0) is 57.2 Å². The van der Waals surface area contributed by atoms with Crippen LogP contribution in [-0.4, -0.2) is 9.30 Å². The Balaban J connectivity index is 2.16. The smallest absolute Gasteiger partial charge is 0.416 e. The van der Waals surface area contributed by atoms with E-state index in [1.54, 1.807) is 0 Å². The van der Waals surface area contributed by atoms with Gasteiger partial charge in [-0.15, -0.1) is 4.72 Å². The molecule has 1 aromatic carbocycles. The molecule has 1 N–H and O–H groups in total. The van der Waals surface area contributed by atoms with Crippen molar-refractivity contribution in [1.29, 1.82) is 0 Å². The van der Waals surface area contributed by atoms with Crippen LogP contribution in [0.4, 0.5) is 13.2 Å². The summed E-state index contributed by atoms with van der Waals surface area (Å²) >= 11 is -1.24. The molecular formula is C15H20F3NOS. The molecule has 1 aliphatic rings. The average molecular weight is 319 g/mol. The average Bonchev–Trinajstić information content (AvgIpc) is 3.17. The minimum Gasteiger partial charge on any atom is -0.598 e. The largest absolute Gasteiger partial charge is 0.598 e. The Bertz CT molecular complexity index is 477. The molecule has 1 aliphatic carbocycles. The fourth-order valence-corrected chi connectivity index (χ4v) is 2.95. The lowest BCUT2D eigenvalue weighted by Crippen LogP contribution is -2.41. The van der Waals surface area contributed by atoms with Crippen LogP contribution in [0.1, 0.15) is 50.8 Å². The van der Waals surface area contributed by atoms with Gasteiger partial charge in [-0.25, -0.2) is 0 Å². The van der Waals surface area contributed by atoms with Gasteiger partial charge in [-0.1, -0.05) is 12.1 Å². The maximum Gasteiger partial charge on any atom is 0.416 e. The molecular weight excluding hydrogens is 299 g/mol. The topological polar surface area (TPSA) is 35.1 Å². The summed E-state index contributed by atoms with van der Waals surface area (Å²) in [6.07, 6.45) is -2.30. The van der Waals surface area contributed by atoms with Crippen molar-refractivity contribution >= 4 is 11.4 Å². The Hall–Kier alpha value is -0.720. The van der Waals surface area contributed by atoms with Gasteiger partial charge in [0.1, 0.15) is 4.75 Å². The SMILES string of the molecule is CC(C)(C)[S+]([O-])N[C@H](c1ccc(C(F)(F)F)cc1)C1CC1. The van der Waals surface area contributed by atoms with Crippen molar-refractivity contribution in [2.24, 2.45) is 5.92 Å². The predicted molar refractivity (Wildman–Crippen MR) is 77.9 cm³/mol. The first-order valence-corrected chi connectivity index (χ1v) is 8.09. The van der Waals surface area contributed by atoms with Crippen molar-refractivity contribution in [3.05, 3.63) is 35.4 Å². The summed E-state index contributed by atoms with van der Waals surface area (Å²) in [7, 11) is 0. The highest BCUT2D eigenvalue weighted by atomic mass is 32.2. The van der Waals surface area contributed by atoms with Crippen molar-refractivity contribution < 1.29 is 17.7 Å². The van der Waals surface area contributed by atoms with Gasteiger partial charge in [0.25, 0.3) is 0 Å². The summed E-state index contributed by atoms with van der Waals surface area (Å²) in [5.74, 6) is 0.355. The van der Waals surface area contributed by atoms with E-state index >= 15 is 0 Å². The van der Waals surface area contributed by atoms with E-state index in [1.807, 2.05) is 20.8 Å². The molecule has 1 aromatic rings. The number of benzene rings is 1. The fraction of sp³-hybridized carbons (Fsp3) is 0.600. The van der Waals surface area contributed by atoms with Gasteiger partial charge >= 0.3 is 6.18 Å². The first-order valence-electron chi connectivity index (χ1n) is 6.94. The second kappa shape index (κ2) is 5.82. The summed E-state index contributed by atoms with van der Waals surface area (Å²) in [6.45, 7) is 5.60. The maximum atomic E-state index is 12.6. The van der Waals surface area contributed by atoms with Crippen molar-refractivity contribution in [3.8, 4) is 0 Å². The maximum absolute atomic E-state index is 12.6. The van der Waals surface area contributed by atoms with Gasteiger partial charge in [-0.3, -0.25) is 0 Å². The van der Waals surface area contributed by atoms with Gasteiger partial charge in [0.05, 0.1) is 11.6 Å². The first kappa shape index (κ1) is 16.6. The van der Waals surface area contributed by atoms with Crippen LogP contribution in [0.25, 0.3) is 0 Å². The van der Waals surface area contributed by atoms with Crippen LogP contribution >= 0.6 is 0 Å². The molecule has 2 rings (SSSR count). The summed E-state index contributed by atoms with van der Waals surface area (Å²) in [5, 5.41) is 0. The molecule has 0 saturated heterocycles. The fourth-order valence-electron chi connectivity index (χ4n) is 2.04. The normalized spacial score (nSPS) is 19.4. The molecule has 2 nitrogen and oxygen atoms in total. The van der Waals surface area contributed by atoms with Crippen molar-refractivity contribution in [1.82, 2.24) is 4.72 Å². The molecule has 118 valence electrons. The Labute approximate surface area is 126 Å². The van der Waals surface area contributed by atoms with Crippen LogP contribution < -0.4 is 4.72 Å². The predicted octanol–water partition coefficient (Wildman–Crippen LogP) is 4.21. The number of rotatable bonds is 4. The summed E-state index contributed by atoms with van der Waals surface area (Å²) in [4.78, 5) is 0. The quantitative estimate of drug-likeness (QED) is 0.844. The zero-order valence-electron chi connectivity index (χ0n) is 12.3. The second-order valence-electron chi connectivity index (χ2n) is 6.43. The zero-order chi connectivity index (χ0) is 15.8. The second-order valence-corrected chi connectivity index (χ2v) is 8.43. The van der Waals surface area contributed by atoms with Crippen molar-refractivity contribution in [2.75, 3.05) is 0 Å². The molecule has 1 fully saturated rings. The van der Waals surface area contributed by atoms with E-state index in [-0.39, 0.29) is 6.04 Å².